The van der Waals surface area contributed by atoms with Gasteiger partial charge >= 0.3 is 0 Å². The molecule has 1 atom stereocenters. The Morgan fingerprint density at radius 2 is 2.33 bits per heavy atom. The Hall–Kier alpha value is -1.43. The maximum atomic E-state index is 11.5. The number of nitrogens with one attached hydrogen (secondary N) is 1. The van der Waals surface area contributed by atoms with E-state index in [9.17, 15) is 4.79 Å². The lowest BCUT2D eigenvalue weighted by Crippen LogP contribution is -2.45. The smallest absolute Gasteiger partial charge is 0.159 e. The van der Waals surface area contributed by atoms with E-state index in [0.717, 1.165) is 49.7 Å². The number of likely N-dealkylation sites (N-methyl/N-ethyl adjacent to an activating group) is 1. The molecule has 0 amide bonds. The Morgan fingerprint density at radius 3 is 3.00 bits per heavy atom. The van der Waals surface area contributed by atoms with Crippen LogP contribution in [0.2, 0.25) is 0 Å². The zero-order valence-corrected chi connectivity index (χ0v) is 13.0. The fraction of sp³-hybridized carbons (Fsp3) is 0.562. The van der Waals surface area contributed by atoms with Gasteiger partial charge in [0.15, 0.2) is 5.78 Å². The molecule has 116 valence electrons. The van der Waals surface area contributed by atoms with E-state index in [2.05, 4.69) is 10.2 Å². The van der Waals surface area contributed by atoms with Crippen molar-refractivity contribution >= 4 is 5.78 Å². The monoisotopic (exact) mass is 292 g/mol. The number of nitrogens with zero attached hydrogens (tertiary/aromatic N) is 1. The average Bonchev–Trinajstić information content (AvgIpc) is 2.48. The maximum Gasteiger partial charge on any atom is 0.159 e. The molecule has 2 rings (SSSR count). The number of morpholine rings is 1. The second-order valence-corrected chi connectivity index (χ2v) is 5.37. The average molecular weight is 292 g/mol. The molecule has 1 unspecified atom stereocenters. The van der Waals surface area contributed by atoms with Gasteiger partial charge in [0.05, 0.1) is 19.8 Å². The van der Waals surface area contributed by atoms with Crippen molar-refractivity contribution in [3.8, 4) is 5.75 Å². The highest BCUT2D eigenvalue weighted by Gasteiger charge is 2.21. The van der Waals surface area contributed by atoms with E-state index in [1.165, 1.54) is 0 Å². The number of rotatable bonds is 6. The van der Waals surface area contributed by atoms with Crippen molar-refractivity contribution in [1.29, 1.82) is 0 Å². The highest BCUT2D eigenvalue weighted by atomic mass is 16.5. The first-order valence-electron chi connectivity index (χ1n) is 7.30. The Morgan fingerprint density at radius 1 is 1.52 bits per heavy atom. The van der Waals surface area contributed by atoms with Crippen molar-refractivity contribution in [3.63, 3.8) is 0 Å². The number of ketones is 1. The predicted octanol–water partition coefficient (Wildman–Crippen LogP) is 1.32. The van der Waals surface area contributed by atoms with Crippen molar-refractivity contribution in [2.24, 2.45) is 0 Å². The maximum absolute atomic E-state index is 11.5. The molecule has 1 saturated heterocycles. The standard InChI is InChI=1S/C16H24N2O3/c1-12(19)13-4-5-16(20-3)14(8-13)10-18-6-7-21-15(11-18)9-17-2/h4-5,8,15,17H,6-7,9-11H2,1-3H3. The summed E-state index contributed by atoms with van der Waals surface area (Å²) in [4.78, 5) is 13.9. The van der Waals surface area contributed by atoms with E-state index < -0.39 is 0 Å². The Balaban J connectivity index is 2.10. The van der Waals surface area contributed by atoms with E-state index in [-0.39, 0.29) is 11.9 Å². The topological polar surface area (TPSA) is 50.8 Å². The number of methoxy groups -OCH3 is 1. The first kappa shape index (κ1) is 15.9. The lowest BCUT2D eigenvalue weighted by Gasteiger charge is -2.33. The minimum atomic E-state index is 0.0777. The number of carbonyl (C=O) groups excluding carboxylic acids is 1. The molecular formula is C16H24N2O3. The zero-order chi connectivity index (χ0) is 15.2. The van der Waals surface area contributed by atoms with Crippen molar-refractivity contribution in [3.05, 3.63) is 29.3 Å². The fourth-order valence-corrected chi connectivity index (χ4v) is 2.64. The molecule has 21 heavy (non-hydrogen) atoms. The van der Waals surface area contributed by atoms with Crippen molar-refractivity contribution < 1.29 is 14.3 Å². The van der Waals surface area contributed by atoms with Crippen LogP contribution < -0.4 is 10.1 Å². The number of ether oxygens (including phenoxy) is 2. The van der Waals surface area contributed by atoms with Crippen LogP contribution in [0, 0.1) is 0 Å². The molecule has 1 N–H and O–H groups in total. The van der Waals surface area contributed by atoms with E-state index in [4.69, 9.17) is 9.47 Å². The normalized spacial score (nSPS) is 19.5. The lowest BCUT2D eigenvalue weighted by molar-refractivity contribution is -0.0293. The minimum absolute atomic E-state index is 0.0777. The number of hydrogen-bond acceptors (Lipinski definition) is 5. The van der Waals surface area contributed by atoms with Gasteiger partial charge < -0.3 is 14.8 Å². The largest absolute Gasteiger partial charge is 0.496 e. The van der Waals surface area contributed by atoms with Crippen LogP contribution in [-0.4, -0.2) is 57.2 Å². The molecule has 1 aromatic rings. The third kappa shape index (κ3) is 4.27. The second kappa shape index (κ2) is 7.54. The molecule has 5 heteroatoms. The van der Waals surface area contributed by atoms with Gasteiger partial charge in [-0.1, -0.05) is 0 Å². The third-order valence-corrected chi connectivity index (χ3v) is 3.74. The third-order valence-electron chi connectivity index (χ3n) is 3.74. The van der Waals surface area contributed by atoms with E-state index in [1.54, 1.807) is 14.0 Å². The van der Waals surface area contributed by atoms with Crippen LogP contribution >= 0.6 is 0 Å². The molecule has 0 aliphatic carbocycles. The van der Waals surface area contributed by atoms with Crippen LogP contribution in [0.4, 0.5) is 0 Å². The van der Waals surface area contributed by atoms with E-state index in [0.29, 0.717) is 0 Å². The molecule has 0 saturated carbocycles. The fourth-order valence-electron chi connectivity index (χ4n) is 2.64. The van der Waals surface area contributed by atoms with Gasteiger partial charge in [0, 0.05) is 37.3 Å². The Kier molecular flexibility index (Phi) is 5.73. The summed E-state index contributed by atoms with van der Waals surface area (Å²) in [5, 5.41) is 3.15. The molecule has 0 spiro atoms. The van der Waals surface area contributed by atoms with Gasteiger partial charge in [0.25, 0.3) is 0 Å². The number of carbonyl (C=O) groups is 1. The molecule has 0 radical (unpaired) electrons. The molecule has 1 aliphatic heterocycles. The van der Waals surface area contributed by atoms with Gasteiger partial charge in [0.1, 0.15) is 5.75 Å². The van der Waals surface area contributed by atoms with Crippen LogP contribution in [0.1, 0.15) is 22.8 Å². The summed E-state index contributed by atoms with van der Waals surface area (Å²) in [7, 11) is 3.59. The summed E-state index contributed by atoms with van der Waals surface area (Å²) in [6.45, 7) is 5.72. The number of benzene rings is 1. The molecule has 0 bridgehead atoms. The Labute approximate surface area is 126 Å². The van der Waals surface area contributed by atoms with Crippen LogP contribution in [0.5, 0.6) is 5.75 Å². The summed E-state index contributed by atoms with van der Waals surface area (Å²) >= 11 is 0. The molecule has 1 fully saturated rings. The van der Waals surface area contributed by atoms with Crippen LogP contribution in [0.25, 0.3) is 0 Å². The summed E-state index contributed by atoms with van der Waals surface area (Å²) in [5.74, 6) is 0.908. The predicted molar refractivity (Wildman–Crippen MR) is 81.9 cm³/mol. The molecule has 1 heterocycles. The molecule has 0 aromatic heterocycles. The summed E-state index contributed by atoms with van der Waals surface area (Å²) in [5.41, 5.74) is 1.78. The second-order valence-electron chi connectivity index (χ2n) is 5.37. The van der Waals surface area contributed by atoms with Crippen molar-refractivity contribution in [1.82, 2.24) is 10.2 Å². The summed E-state index contributed by atoms with van der Waals surface area (Å²) in [6.07, 6.45) is 0.214. The van der Waals surface area contributed by atoms with Crippen molar-refractivity contribution in [2.45, 2.75) is 19.6 Å². The van der Waals surface area contributed by atoms with Crippen LogP contribution in [0.3, 0.4) is 0 Å². The van der Waals surface area contributed by atoms with E-state index >= 15 is 0 Å². The van der Waals surface area contributed by atoms with Gasteiger partial charge in [-0.05, 0) is 32.2 Å². The van der Waals surface area contributed by atoms with Crippen molar-refractivity contribution in [2.75, 3.05) is 40.4 Å². The molecule has 5 nitrogen and oxygen atoms in total. The zero-order valence-electron chi connectivity index (χ0n) is 13.0. The Bertz CT molecular complexity index is 488. The van der Waals surface area contributed by atoms with Gasteiger partial charge in [-0.2, -0.15) is 0 Å². The van der Waals surface area contributed by atoms with E-state index in [1.807, 2.05) is 25.2 Å². The molecular weight excluding hydrogens is 268 g/mol. The number of hydrogen-bond donors (Lipinski definition) is 1. The first-order valence-corrected chi connectivity index (χ1v) is 7.30. The van der Waals surface area contributed by atoms with Crippen LogP contribution in [-0.2, 0) is 11.3 Å². The van der Waals surface area contributed by atoms with Gasteiger partial charge in [-0.25, -0.2) is 0 Å². The van der Waals surface area contributed by atoms with Gasteiger partial charge in [-0.3, -0.25) is 9.69 Å². The minimum Gasteiger partial charge on any atom is -0.496 e. The summed E-state index contributed by atoms with van der Waals surface area (Å²) in [6, 6.07) is 5.62. The quantitative estimate of drug-likeness (QED) is 0.801. The molecule has 1 aromatic carbocycles. The summed E-state index contributed by atoms with van der Waals surface area (Å²) < 4.78 is 11.1. The van der Waals surface area contributed by atoms with Gasteiger partial charge in [0.2, 0.25) is 0 Å². The lowest BCUT2D eigenvalue weighted by atomic mass is 10.1. The number of Topliss-reactive ketones (excluding diaryl/α,β-unsaturated/α-hetero) is 1. The first-order chi connectivity index (χ1) is 10.1. The highest BCUT2D eigenvalue weighted by Crippen LogP contribution is 2.23. The SMILES string of the molecule is CNCC1CN(Cc2cc(C(C)=O)ccc2OC)CCO1. The highest BCUT2D eigenvalue weighted by molar-refractivity contribution is 5.94. The molecule has 1 aliphatic rings. The van der Waals surface area contributed by atoms with Crippen LogP contribution in [0.15, 0.2) is 18.2 Å². The van der Waals surface area contributed by atoms with Gasteiger partial charge in [-0.15, -0.1) is 0 Å².